The highest BCUT2D eigenvalue weighted by Gasteiger charge is 2.34. The monoisotopic (exact) mass is 210 g/mol. The van der Waals surface area contributed by atoms with E-state index in [1.54, 1.807) is 0 Å². The Labute approximate surface area is 89.4 Å². The maximum absolute atomic E-state index is 5.76. The summed E-state index contributed by atoms with van der Waals surface area (Å²) < 4.78 is 5.76. The van der Waals surface area contributed by atoms with Crippen LogP contribution in [-0.4, -0.2) is 21.8 Å². The largest absolute Gasteiger partial charge is 0.367 e. The summed E-state index contributed by atoms with van der Waals surface area (Å²) in [5.74, 6) is 1.45. The fourth-order valence-electron chi connectivity index (χ4n) is 1.82. The minimum atomic E-state index is -0.331. The van der Waals surface area contributed by atoms with E-state index in [-0.39, 0.29) is 11.6 Å². The van der Waals surface area contributed by atoms with E-state index in [1.807, 2.05) is 13.8 Å². The Morgan fingerprint density at radius 1 is 1.53 bits per heavy atom. The van der Waals surface area contributed by atoms with Gasteiger partial charge in [0.15, 0.2) is 5.82 Å². The minimum Gasteiger partial charge on any atom is -0.367 e. The van der Waals surface area contributed by atoms with Crippen LogP contribution in [0.1, 0.15) is 50.8 Å². The molecule has 0 spiro atoms. The molecule has 2 atom stereocenters. The standard InChI is InChI=1S/C10H18N4O/c1-7(11)8-12-9(14-13-8)10(2)5-3-4-6-15-10/h7H,3-6,11H2,1-2H3,(H,12,13,14). The molecule has 0 aliphatic carbocycles. The zero-order valence-electron chi connectivity index (χ0n) is 9.29. The molecule has 2 unspecified atom stereocenters. The zero-order valence-corrected chi connectivity index (χ0v) is 9.29. The average molecular weight is 210 g/mol. The molecule has 15 heavy (non-hydrogen) atoms. The first-order chi connectivity index (χ1) is 7.12. The number of ether oxygens (including phenoxy) is 1. The van der Waals surface area contributed by atoms with Gasteiger partial charge in [-0.15, -0.1) is 0 Å². The number of aromatic amines is 1. The quantitative estimate of drug-likeness (QED) is 0.770. The lowest BCUT2D eigenvalue weighted by Crippen LogP contribution is -2.31. The summed E-state index contributed by atoms with van der Waals surface area (Å²) in [4.78, 5) is 4.39. The predicted molar refractivity (Wildman–Crippen MR) is 56.1 cm³/mol. The Hall–Kier alpha value is -0.940. The molecule has 2 heterocycles. The molecule has 2 rings (SSSR count). The number of hydrogen-bond acceptors (Lipinski definition) is 4. The third-order valence-corrected chi connectivity index (χ3v) is 2.88. The molecular weight excluding hydrogens is 192 g/mol. The summed E-state index contributed by atoms with van der Waals surface area (Å²) in [6, 6.07) is -0.113. The second-order valence-electron chi connectivity index (χ2n) is 4.37. The molecule has 0 radical (unpaired) electrons. The second-order valence-corrected chi connectivity index (χ2v) is 4.37. The van der Waals surface area contributed by atoms with Gasteiger partial charge in [-0.3, -0.25) is 5.10 Å². The zero-order chi connectivity index (χ0) is 10.9. The number of nitrogens with one attached hydrogen (secondary N) is 1. The lowest BCUT2D eigenvalue weighted by atomic mass is 9.95. The van der Waals surface area contributed by atoms with Crippen molar-refractivity contribution in [1.29, 1.82) is 0 Å². The van der Waals surface area contributed by atoms with Crippen LogP contribution in [0.2, 0.25) is 0 Å². The first-order valence-corrected chi connectivity index (χ1v) is 5.44. The number of H-pyrrole nitrogens is 1. The van der Waals surface area contributed by atoms with Gasteiger partial charge in [0, 0.05) is 6.61 Å². The Morgan fingerprint density at radius 3 is 2.87 bits per heavy atom. The summed E-state index contributed by atoms with van der Waals surface area (Å²) in [5.41, 5.74) is 5.39. The Balaban J connectivity index is 2.20. The van der Waals surface area contributed by atoms with E-state index in [1.165, 1.54) is 6.42 Å². The first-order valence-electron chi connectivity index (χ1n) is 5.44. The smallest absolute Gasteiger partial charge is 0.182 e. The maximum Gasteiger partial charge on any atom is 0.182 e. The maximum atomic E-state index is 5.76. The summed E-state index contributed by atoms with van der Waals surface area (Å²) >= 11 is 0. The van der Waals surface area contributed by atoms with E-state index >= 15 is 0 Å². The molecule has 1 aliphatic heterocycles. The van der Waals surface area contributed by atoms with Crippen LogP contribution in [0.25, 0.3) is 0 Å². The highest BCUT2D eigenvalue weighted by atomic mass is 16.5. The van der Waals surface area contributed by atoms with Crippen LogP contribution < -0.4 is 5.73 Å². The summed E-state index contributed by atoms with van der Waals surface area (Å²) in [7, 11) is 0. The molecule has 84 valence electrons. The van der Waals surface area contributed by atoms with Gasteiger partial charge in [0.05, 0.1) is 6.04 Å². The van der Waals surface area contributed by atoms with E-state index < -0.39 is 0 Å². The van der Waals surface area contributed by atoms with Crippen molar-refractivity contribution in [1.82, 2.24) is 15.2 Å². The molecule has 1 aromatic heterocycles. The van der Waals surface area contributed by atoms with Crippen molar-refractivity contribution in [3.05, 3.63) is 11.6 Å². The molecule has 5 heteroatoms. The average Bonchev–Trinajstić information content (AvgIpc) is 2.68. The van der Waals surface area contributed by atoms with E-state index in [0.717, 1.165) is 31.1 Å². The van der Waals surface area contributed by atoms with Crippen LogP contribution >= 0.6 is 0 Å². The SMILES string of the molecule is CC(N)c1nc(C2(C)CCCCO2)n[nH]1. The first kappa shape index (κ1) is 10.6. The van der Waals surface area contributed by atoms with Gasteiger partial charge in [0.1, 0.15) is 11.4 Å². The minimum absolute atomic E-state index is 0.113. The van der Waals surface area contributed by atoms with Crippen LogP contribution in [-0.2, 0) is 10.3 Å². The highest BCUT2D eigenvalue weighted by Crippen LogP contribution is 2.32. The van der Waals surface area contributed by atoms with E-state index in [9.17, 15) is 0 Å². The van der Waals surface area contributed by atoms with E-state index in [2.05, 4.69) is 15.2 Å². The van der Waals surface area contributed by atoms with Crippen molar-refractivity contribution in [2.75, 3.05) is 6.61 Å². The molecule has 0 aromatic carbocycles. The molecule has 1 fully saturated rings. The van der Waals surface area contributed by atoms with Crippen molar-refractivity contribution < 1.29 is 4.74 Å². The molecular formula is C10H18N4O. The third-order valence-electron chi connectivity index (χ3n) is 2.88. The molecule has 1 aliphatic rings. The van der Waals surface area contributed by atoms with Gasteiger partial charge in [0.2, 0.25) is 0 Å². The van der Waals surface area contributed by atoms with Crippen LogP contribution in [0.4, 0.5) is 0 Å². The van der Waals surface area contributed by atoms with Crippen LogP contribution in [0.15, 0.2) is 0 Å². The van der Waals surface area contributed by atoms with Crippen LogP contribution in [0.5, 0.6) is 0 Å². The molecule has 0 amide bonds. The van der Waals surface area contributed by atoms with Gasteiger partial charge in [0.25, 0.3) is 0 Å². The number of hydrogen-bond donors (Lipinski definition) is 2. The number of nitrogens with two attached hydrogens (primary N) is 1. The molecule has 1 aromatic rings. The van der Waals surface area contributed by atoms with Gasteiger partial charge >= 0.3 is 0 Å². The third kappa shape index (κ3) is 2.03. The molecule has 3 N–H and O–H groups in total. The van der Waals surface area contributed by atoms with Gasteiger partial charge < -0.3 is 10.5 Å². The van der Waals surface area contributed by atoms with Crippen molar-refractivity contribution >= 4 is 0 Å². The lowest BCUT2D eigenvalue weighted by molar-refractivity contribution is -0.0758. The lowest BCUT2D eigenvalue weighted by Gasteiger charge is -2.30. The highest BCUT2D eigenvalue weighted by molar-refractivity contribution is 5.04. The fraction of sp³-hybridized carbons (Fsp3) is 0.800. The van der Waals surface area contributed by atoms with Gasteiger partial charge in [-0.25, -0.2) is 4.98 Å². The fourth-order valence-corrected chi connectivity index (χ4v) is 1.82. The van der Waals surface area contributed by atoms with Crippen LogP contribution in [0, 0.1) is 0 Å². The number of aromatic nitrogens is 3. The topological polar surface area (TPSA) is 76.8 Å². The Bertz CT molecular complexity index is 328. The van der Waals surface area contributed by atoms with Crippen molar-refractivity contribution in [3.63, 3.8) is 0 Å². The normalized spacial score (nSPS) is 29.0. The van der Waals surface area contributed by atoms with E-state index in [0.29, 0.717) is 0 Å². The van der Waals surface area contributed by atoms with Crippen molar-refractivity contribution in [3.8, 4) is 0 Å². The molecule has 1 saturated heterocycles. The van der Waals surface area contributed by atoms with Gasteiger partial charge in [-0.2, -0.15) is 5.10 Å². The molecule has 0 bridgehead atoms. The Kier molecular flexibility index (Phi) is 2.75. The number of rotatable bonds is 2. The molecule has 5 nitrogen and oxygen atoms in total. The van der Waals surface area contributed by atoms with Crippen LogP contribution in [0.3, 0.4) is 0 Å². The van der Waals surface area contributed by atoms with Crippen molar-refractivity contribution in [2.45, 2.75) is 44.8 Å². The second kappa shape index (κ2) is 3.90. The Morgan fingerprint density at radius 2 is 2.33 bits per heavy atom. The summed E-state index contributed by atoms with van der Waals surface area (Å²) in [6.07, 6.45) is 3.27. The summed E-state index contributed by atoms with van der Waals surface area (Å²) in [6.45, 7) is 4.72. The number of nitrogens with zero attached hydrogens (tertiary/aromatic N) is 2. The molecule has 0 saturated carbocycles. The van der Waals surface area contributed by atoms with Gasteiger partial charge in [-0.1, -0.05) is 0 Å². The summed E-state index contributed by atoms with van der Waals surface area (Å²) in [5, 5.41) is 7.05. The predicted octanol–water partition coefficient (Wildman–Crippen LogP) is 1.24. The van der Waals surface area contributed by atoms with E-state index in [4.69, 9.17) is 10.5 Å². The van der Waals surface area contributed by atoms with Crippen molar-refractivity contribution in [2.24, 2.45) is 5.73 Å². The van der Waals surface area contributed by atoms with Gasteiger partial charge in [-0.05, 0) is 33.1 Å².